The molecule has 4 fully saturated rings. The van der Waals surface area contributed by atoms with E-state index in [4.69, 9.17) is 0 Å². The van der Waals surface area contributed by atoms with Crippen molar-refractivity contribution in [3.8, 4) is 0 Å². The fraction of sp³-hybridized carbons (Fsp3) is 1.00. The van der Waals surface area contributed by atoms with Crippen LogP contribution in [0.3, 0.4) is 0 Å². The first-order chi connectivity index (χ1) is 11.4. The monoisotopic (exact) mass is 313 g/mol. The van der Waals surface area contributed by atoms with Gasteiger partial charge in [-0.1, -0.05) is 95.6 Å². The van der Waals surface area contributed by atoms with Crippen LogP contribution >= 0.6 is 0 Å². The van der Waals surface area contributed by atoms with Crippen LogP contribution in [0.15, 0.2) is 0 Å². The third-order valence-electron chi connectivity index (χ3n) is 8.42. The van der Waals surface area contributed by atoms with E-state index in [-0.39, 0.29) is 0 Å². The maximum Gasteiger partial charge on any atom is 0.113 e. The molecular weight excluding hydrogens is 275 g/mol. The highest BCUT2D eigenvalue weighted by Crippen LogP contribution is 2.47. The van der Waals surface area contributed by atoms with Crippen molar-refractivity contribution >= 4 is 7.28 Å². The first-order valence-corrected chi connectivity index (χ1v) is 11.2. The molecule has 1 radical (unpaired) electrons. The Morgan fingerprint density at radius 3 is 1.22 bits per heavy atom. The van der Waals surface area contributed by atoms with Crippen LogP contribution in [0.4, 0.5) is 0 Å². The molecule has 0 aromatic heterocycles. The van der Waals surface area contributed by atoms with Crippen molar-refractivity contribution in [1.82, 2.24) is 0 Å². The van der Waals surface area contributed by atoms with E-state index in [1.54, 1.807) is 77.0 Å². The van der Waals surface area contributed by atoms with Gasteiger partial charge in [0.15, 0.2) is 0 Å². The first kappa shape index (κ1) is 16.5. The Morgan fingerprint density at radius 1 is 0.391 bits per heavy atom. The maximum absolute atomic E-state index is 2.62. The Morgan fingerprint density at radius 2 is 0.783 bits per heavy atom. The average molecular weight is 313 g/mol. The number of rotatable bonds is 3. The van der Waals surface area contributed by atoms with Crippen molar-refractivity contribution in [2.24, 2.45) is 29.6 Å². The van der Waals surface area contributed by atoms with Gasteiger partial charge < -0.3 is 0 Å². The largest absolute Gasteiger partial charge is 0.113 e. The predicted molar refractivity (Wildman–Crippen MR) is 101 cm³/mol. The summed E-state index contributed by atoms with van der Waals surface area (Å²) in [6.45, 7) is 0. The molecule has 3 aliphatic carbocycles. The van der Waals surface area contributed by atoms with E-state index in [1.165, 1.54) is 25.6 Å². The van der Waals surface area contributed by atoms with E-state index in [2.05, 4.69) is 7.28 Å². The molecule has 1 saturated heterocycles. The van der Waals surface area contributed by atoms with Crippen LogP contribution in [0.1, 0.15) is 96.3 Å². The Labute approximate surface area is 145 Å². The quantitative estimate of drug-likeness (QED) is 0.498. The fourth-order valence-corrected chi connectivity index (χ4v) is 6.78. The highest BCUT2D eigenvalue weighted by Gasteiger charge is 2.34. The Hall–Kier alpha value is 0.0649. The van der Waals surface area contributed by atoms with Crippen LogP contribution in [0.5, 0.6) is 0 Å². The van der Waals surface area contributed by atoms with Gasteiger partial charge in [-0.05, 0) is 42.4 Å². The molecule has 0 amide bonds. The lowest BCUT2D eigenvalue weighted by Gasteiger charge is -2.41. The van der Waals surface area contributed by atoms with Gasteiger partial charge in [-0.3, -0.25) is 0 Å². The number of hydrogen-bond acceptors (Lipinski definition) is 0. The zero-order valence-corrected chi connectivity index (χ0v) is 15.4. The molecule has 1 heteroatoms. The molecule has 0 nitrogen and oxygen atoms in total. The van der Waals surface area contributed by atoms with E-state index in [9.17, 15) is 0 Å². The summed E-state index contributed by atoms with van der Waals surface area (Å²) in [5, 5.41) is 0. The molecule has 1 atom stereocenters. The van der Waals surface area contributed by atoms with Gasteiger partial charge in [0.05, 0.1) is 0 Å². The molecule has 0 bridgehead atoms. The van der Waals surface area contributed by atoms with Gasteiger partial charge in [-0.25, -0.2) is 0 Å². The van der Waals surface area contributed by atoms with Gasteiger partial charge >= 0.3 is 0 Å². The standard InChI is InChI=1S/C22H38B/c1-2-6-17(5-1)18-7-3-9-19(10-4-8-18)20-11-13-21(14-12-20)22-15-16-23-22/h17-22H,1-16H2. The molecule has 3 saturated carbocycles. The Balaban J connectivity index is 1.22. The summed E-state index contributed by atoms with van der Waals surface area (Å²) in [6, 6.07) is 0. The highest BCUT2D eigenvalue weighted by atomic mass is 14.4. The minimum Gasteiger partial charge on any atom is -0.0803 e. The second-order valence-electron chi connectivity index (χ2n) is 9.58. The molecule has 4 aliphatic rings. The van der Waals surface area contributed by atoms with E-state index >= 15 is 0 Å². The molecule has 23 heavy (non-hydrogen) atoms. The van der Waals surface area contributed by atoms with Gasteiger partial charge in [-0.15, -0.1) is 0 Å². The average Bonchev–Trinajstić information content (AvgIpc) is 3.01. The van der Waals surface area contributed by atoms with Crippen LogP contribution in [0, 0.1) is 29.6 Å². The zero-order chi connectivity index (χ0) is 15.5. The van der Waals surface area contributed by atoms with Crippen LogP contribution in [0.25, 0.3) is 0 Å². The van der Waals surface area contributed by atoms with Crippen LogP contribution in [-0.2, 0) is 0 Å². The van der Waals surface area contributed by atoms with Crippen molar-refractivity contribution in [2.75, 3.05) is 0 Å². The predicted octanol–water partition coefficient (Wildman–Crippen LogP) is 6.88. The van der Waals surface area contributed by atoms with E-state index in [0.29, 0.717) is 0 Å². The van der Waals surface area contributed by atoms with Crippen molar-refractivity contribution < 1.29 is 0 Å². The van der Waals surface area contributed by atoms with Gasteiger partial charge in [-0.2, -0.15) is 0 Å². The van der Waals surface area contributed by atoms with Gasteiger partial charge in [0.1, 0.15) is 7.28 Å². The third kappa shape index (κ3) is 4.01. The molecule has 1 unspecified atom stereocenters. The lowest BCUT2D eigenvalue weighted by atomic mass is 9.43. The lowest BCUT2D eigenvalue weighted by Crippen LogP contribution is -2.30. The third-order valence-corrected chi connectivity index (χ3v) is 8.42. The van der Waals surface area contributed by atoms with Crippen LogP contribution in [-0.4, -0.2) is 7.28 Å². The SMILES string of the molecule is [B]1CCC1C1CCC(C2CCCC(C3CCCC3)CCC2)CC1. The molecule has 0 aromatic carbocycles. The topological polar surface area (TPSA) is 0 Å². The normalized spacial score (nSPS) is 43.2. The van der Waals surface area contributed by atoms with E-state index in [0.717, 1.165) is 35.4 Å². The summed E-state index contributed by atoms with van der Waals surface area (Å²) < 4.78 is 0. The van der Waals surface area contributed by atoms with E-state index in [1.807, 2.05) is 0 Å². The summed E-state index contributed by atoms with van der Waals surface area (Å²) in [4.78, 5) is 0. The first-order valence-electron chi connectivity index (χ1n) is 11.2. The molecule has 129 valence electrons. The van der Waals surface area contributed by atoms with Crippen molar-refractivity contribution in [3.05, 3.63) is 0 Å². The summed E-state index contributed by atoms with van der Waals surface area (Å²) in [7, 11) is 2.62. The summed E-state index contributed by atoms with van der Waals surface area (Å²) >= 11 is 0. The Bertz CT molecular complexity index is 337. The van der Waals surface area contributed by atoms with Gasteiger partial charge in [0.2, 0.25) is 0 Å². The second kappa shape index (κ2) is 7.96. The van der Waals surface area contributed by atoms with Crippen molar-refractivity contribution in [1.29, 1.82) is 0 Å². The molecule has 0 N–H and O–H groups in total. The van der Waals surface area contributed by atoms with Gasteiger partial charge in [0, 0.05) is 0 Å². The molecule has 4 rings (SSSR count). The molecular formula is C22H38B. The van der Waals surface area contributed by atoms with Crippen LogP contribution in [0.2, 0.25) is 12.1 Å². The minimum atomic E-state index is 1.03. The summed E-state index contributed by atoms with van der Waals surface area (Å²) in [5.74, 6) is 6.56. The molecule has 1 heterocycles. The molecule has 0 spiro atoms. The number of hydrogen-bond donors (Lipinski definition) is 0. The maximum atomic E-state index is 2.62. The second-order valence-corrected chi connectivity index (χ2v) is 9.58. The van der Waals surface area contributed by atoms with Crippen molar-refractivity contribution in [2.45, 2.75) is 108 Å². The van der Waals surface area contributed by atoms with Crippen molar-refractivity contribution in [3.63, 3.8) is 0 Å². The van der Waals surface area contributed by atoms with E-state index < -0.39 is 0 Å². The summed E-state index contributed by atoms with van der Waals surface area (Å²) in [5.41, 5.74) is 0. The summed E-state index contributed by atoms with van der Waals surface area (Å²) in [6.07, 6.45) is 24.8. The van der Waals surface area contributed by atoms with Crippen LogP contribution < -0.4 is 0 Å². The lowest BCUT2D eigenvalue weighted by molar-refractivity contribution is 0.153. The zero-order valence-electron chi connectivity index (χ0n) is 15.4. The van der Waals surface area contributed by atoms with Gasteiger partial charge in [0.25, 0.3) is 0 Å². The minimum absolute atomic E-state index is 1.03. The smallest absolute Gasteiger partial charge is 0.0803 e. The molecule has 0 aromatic rings. The molecule has 1 aliphatic heterocycles. The Kier molecular flexibility index (Phi) is 5.72. The highest BCUT2D eigenvalue weighted by molar-refractivity contribution is 6.41. The fourth-order valence-electron chi connectivity index (χ4n) is 6.78.